The van der Waals surface area contributed by atoms with Crippen molar-refractivity contribution in [2.24, 2.45) is 0 Å². The predicted molar refractivity (Wildman–Crippen MR) is 78.6 cm³/mol. The van der Waals surface area contributed by atoms with E-state index in [1.54, 1.807) is 13.0 Å². The average Bonchev–Trinajstić information content (AvgIpc) is 2.47. The van der Waals surface area contributed by atoms with Crippen molar-refractivity contribution in [1.29, 1.82) is 0 Å². The minimum Gasteiger partial charge on any atom is -0.461 e. The monoisotopic (exact) mass is 297 g/mol. The summed E-state index contributed by atoms with van der Waals surface area (Å²) >= 11 is 0. The fourth-order valence-corrected chi connectivity index (χ4v) is 1.38. The lowest BCUT2D eigenvalue weighted by atomic mass is 10.2. The molecule has 0 radical (unpaired) electrons. The van der Waals surface area contributed by atoms with Gasteiger partial charge in [0.2, 0.25) is 0 Å². The Labute approximate surface area is 125 Å². The van der Waals surface area contributed by atoms with Crippen LogP contribution in [0.15, 0.2) is 24.8 Å². The summed E-state index contributed by atoms with van der Waals surface area (Å²) in [7, 11) is 0. The second kappa shape index (κ2) is 11.7. The molecule has 0 heterocycles. The number of rotatable bonds is 9. The Hall–Kier alpha value is -2.11. The van der Waals surface area contributed by atoms with E-state index in [-0.39, 0.29) is 13.2 Å². The molecular weight excluding hydrogens is 274 g/mol. The number of likely N-dealkylation sites (N-methyl/N-ethyl adjacent to an activating group) is 1. The van der Waals surface area contributed by atoms with E-state index in [1.807, 2.05) is 0 Å². The lowest BCUT2D eigenvalue weighted by Crippen LogP contribution is -2.35. The number of hydrogen-bond donors (Lipinski definition) is 0. The Balaban J connectivity index is 4.03. The molecule has 0 aliphatic heterocycles. The van der Waals surface area contributed by atoms with E-state index >= 15 is 0 Å². The van der Waals surface area contributed by atoms with Crippen molar-refractivity contribution < 1.29 is 23.9 Å². The Morgan fingerprint density at radius 1 is 1.19 bits per heavy atom. The van der Waals surface area contributed by atoms with Crippen molar-refractivity contribution >= 4 is 18.0 Å². The number of esters is 2. The number of nitrogens with zero attached hydrogens (tertiary/aromatic N) is 1. The van der Waals surface area contributed by atoms with Gasteiger partial charge in [0.1, 0.15) is 6.61 Å². The maximum Gasteiger partial charge on any atom is 0.417 e. The Morgan fingerprint density at radius 2 is 1.90 bits per heavy atom. The van der Waals surface area contributed by atoms with Crippen molar-refractivity contribution in [2.75, 3.05) is 19.7 Å². The van der Waals surface area contributed by atoms with Gasteiger partial charge in [0.05, 0.1) is 6.54 Å². The van der Waals surface area contributed by atoms with Crippen LogP contribution < -0.4 is 0 Å². The summed E-state index contributed by atoms with van der Waals surface area (Å²) in [5.41, 5.74) is 0. The molecular formula is C15H23NO5. The van der Waals surface area contributed by atoms with E-state index in [0.717, 1.165) is 25.3 Å². The number of carbonyl (C=O) groups excluding carboxylic acids is 3. The van der Waals surface area contributed by atoms with Crippen LogP contribution in [0.1, 0.15) is 33.1 Å². The zero-order valence-electron chi connectivity index (χ0n) is 12.7. The minimum atomic E-state index is -0.811. The summed E-state index contributed by atoms with van der Waals surface area (Å²) in [6.07, 6.45) is 6.20. The molecule has 21 heavy (non-hydrogen) atoms. The van der Waals surface area contributed by atoms with Gasteiger partial charge in [-0.2, -0.15) is 0 Å². The van der Waals surface area contributed by atoms with Crippen LogP contribution in [0.2, 0.25) is 0 Å². The summed E-state index contributed by atoms with van der Waals surface area (Å²) in [5, 5.41) is 0. The molecule has 6 nitrogen and oxygen atoms in total. The number of amides is 1. The first-order valence-corrected chi connectivity index (χ1v) is 7.01. The van der Waals surface area contributed by atoms with Gasteiger partial charge in [0.25, 0.3) is 0 Å². The number of unbranched alkanes of at least 4 members (excludes halogenated alkanes) is 2. The van der Waals surface area contributed by atoms with Gasteiger partial charge in [-0.05, 0) is 13.3 Å². The molecule has 118 valence electrons. The third-order valence-electron chi connectivity index (χ3n) is 2.58. The Bertz CT molecular complexity index is 390. The molecule has 0 saturated heterocycles. The van der Waals surface area contributed by atoms with Gasteiger partial charge >= 0.3 is 18.0 Å². The van der Waals surface area contributed by atoms with E-state index < -0.39 is 18.0 Å². The second-order valence-corrected chi connectivity index (χ2v) is 4.18. The standard InChI is InChI=1S/C15H23NO5/c1-4-7-8-9-10-14(18)20-12-11-16(6-3)15(19)21-13(17)5-2/h5,9-10H,2,4,6-8,11-12H2,1,3H3. The topological polar surface area (TPSA) is 72.9 Å². The molecule has 0 aromatic carbocycles. The summed E-state index contributed by atoms with van der Waals surface area (Å²) < 4.78 is 9.43. The fourth-order valence-electron chi connectivity index (χ4n) is 1.38. The zero-order valence-corrected chi connectivity index (χ0v) is 12.7. The van der Waals surface area contributed by atoms with Gasteiger partial charge in [-0.3, -0.25) is 0 Å². The fraction of sp³-hybridized carbons (Fsp3) is 0.533. The zero-order chi connectivity index (χ0) is 16.1. The predicted octanol–water partition coefficient (Wildman–Crippen LogP) is 2.45. The lowest BCUT2D eigenvalue weighted by Gasteiger charge is -2.18. The van der Waals surface area contributed by atoms with Crippen LogP contribution in [0, 0.1) is 0 Å². The van der Waals surface area contributed by atoms with E-state index in [4.69, 9.17) is 4.74 Å². The van der Waals surface area contributed by atoms with Crippen molar-refractivity contribution in [2.45, 2.75) is 33.1 Å². The van der Waals surface area contributed by atoms with Gasteiger partial charge in [0, 0.05) is 18.7 Å². The summed E-state index contributed by atoms with van der Waals surface area (Å²) in [5.74, 6) is -1.26. The van der Waals surface area contributed by atoms with Crippen LogP contribution in [0.5, 0.6) is 0 Å². The van der Waals surface area contributed by atoms with Crippen molar-refractivity contribution in [3.63, 3.8) is 0 Å². The van der Waals surface area contributed by atoms with Gasteiger partial charge in [0.15, 0.2) is 0 Å². The maximum atomic E-state index is 11.5. The minimum absolute atomic E-state index is 0.0438. The van der Waals surface area contributed by atoms with Crippen LogP contribution in [-0.2, 0) is 19.1 Å². The molecule has 0 aromatic heterocycles. The van der Waals surface area contributed by atoms with Crippen LogP contribution in [0.4, 0.5) is 4.79 Å². The number of ether oxygens (including phenoxy) is 2. The highest BCUT2D eigenvalue weighted by atomic mass is 16.6. The van der Waals surface area contributed by atoms with E-state index in [2.05, 4.69) is 18.2 Å². The normalized spacial score (nSPS) is 10.2. The van der Waals surface area contributed by atoms with E-state index in [1.165, 1.54) is 11.0 Å². The highest BCUT2D eigenvalue weighted by molar-refractivity contribution is 5.91. The van der Waals surface area contributed by atoms with Crippen molar-refractivity contribution in [3.8, 4) is 0 Å². The third-order valence-corrected chi connectivity index (χ3v) is 2.58. The number of carbonyl (C=O) groups is 3. The van der Waals surface area contributed by atoms with E-state index in [0.29, 0.717) is 6.54 Å². The lowest BCUT2D eigenvalue weighted by molar-refractivity contribution is -0.139. The molecule has 1 amide bonds. The maximum absolute atomic E-state index is 11.5. The SMILES string of the molecule is C=CC(=O)OC(=O)N(CC)CCOC(=O)C=CCCCC. The molecule has 0 saturated carbocycles. The van der Waals surface area contributed by atoms with Gasteiger partial charge < -0.3 is 14.4 Å². The van der Waals surface area contributed by atoms with Gasteiger partial charge in [-0.1, -0.05) is 32.4 Å². The molecule has 0 aliphatic carbocycles. The molecule has 0 N–H and O–H groups in total. The molecule has 0 spiro atoms. The first-order chi connectivity index (χ1) is 10.0. The smallest absolute Gasteiger partial charge is 0.417 e. The molecule has 0 atom stereocenters. The molecule has 0 aliphatic rings. The molecule has 0 aromatic rings. The van der Waals surface area contributed by atoms with Crippen LogP contribution >= 0.6 is 0 Å². The molecule has 0 fully saturated rings. The average molecular weight is 297 g/mol. The summed E-state index contributed by atoms with van der Waals surface area (Å²) in [6, 6.07) is 0. The number of allylic oxidation sites excluding steroid dienone is 1. The highest BCUT2D eigenvalue weighted by Gasteiger charge is 2.15. The van der Waals surface area contributed by atoms with Crippen LogP contribution in [-0.4, -0.2) is 42.6 Å². The number of hydrogen-bond acceptors (Lipinski definition) is 5. The van der Waals surface area contributed by atoms with Crippen LogP contribution in [0.25, 0.3) is 0 Å². The van der Waals surface area contributed by atoms with E-state index in [9.17, 15) is 14.4 Å². The first-order valence-electron chi connectivity index (χ1n) is 7.01. The Morgan fingerprint density at radius 3 is 2.48 bits per heavy atom. The molecule has 0 unspecified atom stereocenters. The van der Waals surface area contributed by atoms with Crippen LogP contribution in [0.3, 0.4) is 0 Å². The molecule has 0 rings (SSSR count). The second-order valence-electron chi connectivity index (χ2n) is 4.18. The summed E-state index contributed by atoms with van der Waals surface area (Å²) in [6.45, 7) is 7.55. The third kappa shape index (κ3) is 9.43. The molecule has 6 heteroatoms. The molecule has 0 bridgehead atoms. The summed E-state index contributed by atoms with van der Waals surface area (Å²) in [4.78, 5) is 35.1. The largest absolute Gasteiger partial charge is 0.461 e. The van der Waals surface area contributed by atoms with Crippen molar-refractivity contribution in [1.82, 2.24) is 4.90 Å². The highest BCUT2D eigenvalue weighted by Crippen LogP contribution is 1.97. The Kier molecular flexibility index (Phi) is 10.5. The van der Waals surface area contributed by atoms with Gasteiger partial charge in [-0.25, -0.2) is 14.4 Å². The van der Waals surface area contributed by atoms with Gasteiger partial charge in [-0.15, -0.1) is 0 Å². The first kappa shape index (κ1) is 18.9. The quantitative estimate of drug-likeness (QED) is 0.283. The van der Waals surface area contributed by atoms with Crippen molar-refractivity contribution in [3.05, 3.63) is 24.8 Å².